The van der Waals surface area contributed by atoms with Crippen molar-refractivity contribution in [2.75, 3.05) is 19.0 Å². The van der Waals surface area contributed by atoms with Crippen LogP contribution in [0, 0.1) is 22.2 Å². The topological polar surface area (TPSA) is 99.4 Å². The molecule has 0 bridgehead atoms. The van der Waals surface area contributed by atoms with Crippen molar-refractivity contribution in [1.82, 2.24) is 4.72 Å². The SMILES string of the molecule is N#CC1(CS(=O)(=O)N[C@@H]2C[C@@H](O)C23CCOCC3)CC1. The average molecular weight is 300 g/mol. The van der Waals surface area contributed by atoms with E-state index in [1.54, 1.807) is 0 Å². The summed E-state index contributed by atoms with van der Waals surface area (Å²) in [6.07, 6.45) is 2.70. The first-order chi connectivity index (χ1) is 9.41. The Hall–Kier alpha value is -0.680. The second-order valence-electron chi connectivity index (χ2n) is 6.42. The van der Waals surface area contributed by atoms with Gasteiger partial charge in [0.15, 0.2) is 0 Å². The first-order valence-corrected chi connectivity index (χ1v) is 8.74. The first kappa shape index (κ1) is 14.3. The predicted molar refractivity (Wildman–Crippen MR) is 71.1 cm³/mol. The molecule has 6 nitrogen and oxygen atoms in total. The number of hydrogen-bond acceptors (Lipinski definition) is 5. The van der Waals surface area contributed by atoms with Crippen molar-refractivity contribution >= 4 is 10.0 Å². The highest BCUT2D eigenvalue weighted by molar-refractivity contribution is 7.89. The summed E-state index contributed by atoms with van der Waals surface area (Å²) in [4.78, 5) is 0. The van der Waals surface area contributed by atoms with E-state index < -0.39 is 21.5 Å². The third kappa shape index (κ3) is 2.35. The summed E-state index contributed by atoms with van der Waals surface area (Å²) in [6.45, 7) is 1.13. The molecule has 3 rings (SSSR count). The zero-order valence-electron chi connectivity index (χ0n) is 11.3. The number of aliphatic hydroxyl groups excluding tert-OH is 1. The van der Waals surface area contributed by atoms with E-state index in [-0.39, 0.29) is 17.2 Å². The molecule has 0 radical (unpaired) electrons. The maximum Gasteiger partial charge on any atom is 0.213 e. The molecule has 20 heavy (non-hydrogen) atoms. The van der Waals surface area contributed by atoms with Gasteiger partial charge in [-0.2, -0.15) is 5.26 Å². The summed E-state index contributed by atoms with van der Waals surface area (Å²) >= 11 is 0. The molecule has 0 aromatic rings. The third-order valence-corrected chi connectivity index (χ3v) is 6.70. The summed E-state index contributed by atoms with van der Waals surface area (Å²) in [5.41, 5.74) is -1.04. The molecule has 2 N–H and O–H groups in total. The van der Waals surface area contributed by atoms with Crippen LogP contribution in [-0.2, 0) is 14.8 Å². The van der Waals surface area contributed by atoms with Crippen LogP contribution in [0.3, 0.4) is 0 Å². The van der Waals surface area contributed by atoms with E-state index >= 15 is 0 Å². The molecule has 0 aromatic heterocycles. The predicted octanol–water partition coefficient (Wildman–Crippen LogP) is 0.140. The number of nitrogens with one attached hydrogen (secondary N) is 1. The number of hydrogen-bond donors (Lipinski definition) is 2. The largest absolute Gasteiger partial charge is 0.392 e. The number of sulfonamides is 1. The summed E-state index contributed by atoms with van der Waals surface area (Å²) in [7, 11) is -3.47. The molecule has 0 unspecified atom stereocenters. The molecule has 1 heterocycles. The lowest BCUT2D eigenvalue weighted by Gasteiger charge is -2.55. The van der Waals surface area contributed by atoms with Gasteiger partial charge in [0.2, 0.25) is 10.0 Å². The summed E-state index contributed by atoms with van der Waals surface area (Å²) in [5, 5.41) is 19.0. The molecule has 2 saturated carbocycles. The molecule has 7 heteroatoms. The first-order valence-electron chi connectivity index (χ1n) is 7.09. The average Bonchev–Trinajstić information content (AvgIpc) is 3.19. The van der Waals surface area contributed by atoms with Crippen LogP contribution in [-0.4, -0.2) is 44.6 Å². The molecule has 0 aromatic carbocycles. The highest BCUT2D eigenvalue weighted by Crippen LogP contribution is 2.50. The molecule has 2 aliphatic carbocycles. The summed E-state index contributed by atoms with van der Waals surface area (Å²) in [5.74, 6) is -0.115. The molecule has 3 aliphatic rings. The van der Waals surface area contributed by atoms with Gasteiger partial charge in [0, 0.05) is 24.7 Å². The van der Waals surface area contributed by atoms with Gasteiger partial charge in [0.25, 0.3) is 0 Å². The minimum absolute atomic E-state index is 0.115. The molecule has 1 spiro atoms. The van der Waals surface area contributed by atoms with Crippen molar-refractivity contribution in [2.45, 2.75) is 44.2 Å². The van der Waals surface area contributed by atoms with E-state index in [4.69, 9.17) is 10.00 Å². The number of rotatable bonds is 4. The Morgan fingerprint density at radius 2 is 1.95 bits per heavy atom. The van der Waals surface area contributed by atoms with Gasteiger partial charge in [-0.25, -0.2) is 13.1 Å². The fourth-order valence-electron chi connectivity index (χ4n) is 3.42. The standard InChI is InChI=1S/C13H20N2O4S/c14-8-12(1-2-12)9-20(17,18)15-10-7-11(16)13(10)3-5-19-6-4-13/h10-11,15-16H,1-7,9H2/t10-,11-/m1/s1. The smallest absolute Gasteiger partial charge is 0.213 e. The van der Waals surface area contributed by atoms with Gasteiger partial charge < -0.3 is 9.84 Å². The van der Waals surface area contributed by atoms with E-state index in [0.717, 1.165) is 0 Å². The Kier molecular flexibility index (Phi) is 3.33. The van der Waals surface area contributed by atoms with Gasteiger partial charge in [-0.05, 0) is 32.1 Å². The van der Waals surface area contributed by atoms with Crippen LogP contribution in [0.4, 0.5) is 0 Å². The van der Waals surface area contributed by atoms with Gasteiger partial charge >= 0.3 is 0 Å². The van der Waals surface area contributed by atoms with Crippen molar-refractivity contribution in [1.29, 1.82) is 5.26 Å². The monoisotopic (exact) mass is 300 g/mol. The molecule has 112 valence electrons. The Morgan fingerprint density at radius 1 is 1.30 bits per heavy atom. The molecule has 0 amide bonds. The Labute approximate surface area is 119 Å². The van der Waals surface area contributed by atoms with Crippen LogP contribution >= 0.6 is 0 Å². The van der Waals surface area contributed by atoms with Gasteiger partial charge in [-0.1, -0.05) is 0 Å². The fraction of sp³-hybridized carbons (Fsp3) is 0.923. The summed E-state index contributed by atoms with van der Waals surface area (Å²) in [6, 6.07) is 1.89. The fourth-order valence-corrected chi connectivity index (χ4v) is 5.35. The lowest BCUT2D eigenvalue weighted by molar-refractivity contribution is -0.143. The highest BCUT2D eigenvalue weighted by atomic mass is 32.2. The lowest BCUT2D eigenvalue weighted by atomic mass is 9.58. The Bertz CT molecular complexity index is 529. The van der Waals surface area contributed by atoms with Crippen molar-refractivity contribution in [2.24, 2.45) is 10.8 Å². The quantitative estimate of drug-likeness (QED) is 0.769. The van der Waals surface area contributed by atoms with Crippen molar-refractivity contribution < 1.29 is 18.3 Å². The number of nitriles is 1. The van der Waals surface area contributed by atoms with Crippen LogP contribution in [0.2, 0.25) is 0 Å². The molecular formula is C13H20N2O4S. The maximum absolute atomic E-state index is 12.2. The molecular weight excluding hydrogens is 280 g/mol. The minimum atomic E-state index is -3.47. The molecule has 1 saturated heterocycles. The molecule has 1 aliphatic heterocycles. The van der Waals surface area contributed by atoms with Crippen LogP contribution in [0.1, 0.15) is 32.1 Å². The second kappa shape index (κ2) is 4.67. The Morgan fingerprint density at radius 3 is 2.45 bits per heavy atom. The number of ether oxygens (including phenoxy) is 1. The van der Waals surface area contributed by atoms with Gasteiger partial charge in [0.1, 0.15) is 0 Å². The number of nitrogens with zero attached hydrogens (tertiary/aromatic N) is 1. The van der Waals surface area contributed by atoms with Gasteiger partial charge in [0.05, 0.1) is 23.3 Å². The van der Waals surface area contributed by atoms with E-state index in [1.807, 2.05) is 0 Å². The molecule has 2 atom stereocenters. The van der Waals surface area contributed by atoms with Crippen molar-refractivity contribution in [3.05, 3.63) is 0 Å². The highest BCUT2D eigenvalue weighted by Gasteiger charge is 2.56. The second-order valence-corrected chi connectivity index (χ2v) is 8.17. The molecule has 3 fully saturated rings. The van der Waals surface area contributed by atoms with Crippen LogP contribution in [0.15, 0.2) is 0 Å². The van der Waals surface area contributed by atoms with E-state index in [1.165, 1.54) is 0 Å². The zero-order chi connectivity index (χ0) is 14.4. The van der Waals surface area contributed by atoms with Crippen molar-refractivity contribution in [3.63, 3.8) is 0 Å². The zero-order valence-corrected chi connectivity index (χ0v) is 12.2. The van der Waals surface area contributed by atoms with Gasteiger partial charge in [-0.3, -0.25) is 0 Å². The third-order valence-electron chi connectivity index (χ3n) is 5.12. The van der Waals surface area contributed by atoms with E-state index in [0.29, 0.717) is 45.3 Å². The maximum atomic E-state index is 12.2. The van der Waals surface area contributed by atoms with E-state index in [2.05, 4.69) is 10.8 Å². The van der Waals surface area contributed by atoms with Gasteiger partial charge in [-0.15, -0.1) is 0 Å². The number of aliphatic hydroxyl groups is 1. The van der Waals surface area contributed by atoms with Crippen LogP contribution in [0.25, 0.3) is 0 Å². The lowest BCUT2D eigenvalue weighted by Crippen LogP contribution is -2.65. The summed E-state index contributed by atoms with van der Waals surface area (Å²) < 4.78 is 32.4. The minimum Gasteiger partial charge on any atom is -0.392 e. The Balaban J connectivity index is 1.67. The van der Waals surface area contributed by atoms with E-state index in [9.17, 15) is 13.5 Å². The van der Waals surface area contributed by atoms with Crippen LogP contribution in [0.5, 0.6) is 0 Å². The van der Waals surface area contributed by atoms with Crippen molar-refractivity contribution in [3.8, 4) is 6.07 Å². The van der Waals surface area contributed by atoms with Crippen LogP contribution < -0.4 is 4.72 Å². The normalized spacial score (nSPS) is 34.2.